The SMILES string of the molecule is C=C[C@@H]1C[C@]1(NC(=O)[C@@H]1C[C@@H]2CN1C(=O)[C@H](C(C)C)NC(=O)CCCCCCc1cccc3c1CN(C3)C(=O)O2)C(=O)NS(=O)(=O)C1CC1.C=C[C@@H]1C[C@]1(NC(=O)[C@@H]1C[C@@H]2CN1C(=O)[C@H](CC(F)(F)F)NC(=O)CCCCCCc1cccc3c1CN(C3)C(=O)O2)C(=O)NS(=O)(=O)C1CC1.C=C[C@@H]1C[C@]1(NC(=O)[C@@H]1C[C@@H]2CN1C(=O)[C@H](CCCC)NC(=O)CCCCCCc1cccc3c1CN(C3)C(=O)O2)C(=O)NS(=O)(=O)C1CC1. The van der Waals surface area contributed by atoms with Crippen LogP contribution in [-0.4, -0.2) is 257 Å². The number of carbonyl (C=O) groups is 15. The van der Waals surface area contributed by atoms with E-state index in [4.69, 9.17) is 14.2 Å². The van der Waals surface area contributed by atoms with Gasteiger partial charge in [0.1, 0.15) is 71.2 Å². The van der Waals surface area contributed by atoms with Gasteiger partial charge in [0.2, 0.25) is 83.2 Å². The molecule has 0 aromatic heterocycles. The molecule has 12 bridgehead atoms. The number of carbonyl (C=O) groups excluding carboxylic acids is 15. The van der Waals surface area contributed by atoms with E-state index in [9.17, 15) is 110 Å². The minimum absolute atomic E-state index is 0.00238. The second kappa shape index (κ2) is 45.9. The normalized spacial score (nSPS) is 29.0. The van der Waals surface area contributed by atoms with E-state index in [0.29, 0.717) is 103 Å². The Morgan fingerprint density at radius 1 is 0.420 bits per heavy atom. The number of aryl methyl sites for hydroxylation is 3. The number of benzene rings is 3. The van der Waals surface area contributed by atoms with Gasteiger partial charge in [-0.25, -0.2) is 39.6 Å². The second-order valence-corrected chi connectivity index (χ2v) is 49.1. The minimum Gasteiger partial charge on any atom is -0.444 e. The van der Waals surface area contributed by atoms with E-state index in [1.165, 1.54) is 44.1 Å². The van der Waals surface area contributed by atoms with Crippen molar-refractivity contribution in [3.05, 3.63) is 143 Å². The molecule has 816 valence electrons. The number of rotatable bonds is 23. The second-order valence-electron chi connectivity index (χ2n) is 43.3. The first-order valence-corrected chi connectivity index (χ1v) is 57.6. The van der Waals surface area contributed by atoms with Crippen LogP contribution in [0.3, 0.4) is 0 Å². The monoisotopic (exact) mass is 2150 g/mol. The van der Waals surface area contributed by atoms with Crippen molar-refractivity contribution < 1.29 is 125 Å². The molecule has 150 heavy (non-hydrogen) atoms. The molecule has 0 spiro atoms. The number of halogens is 3. The number of ether oxygens (including phenoxy) is 3. The van der Waals surface area contributed by atoms with Gasteiger partial charge in [-0.2, -0.15) is 13.2 Å². The Labute approximate surface area is 871 Å². The van der Waals surface area contributed by atoms with E-state index in [0.717, 1.165) is 121 Å². The van der Waals surface area contributed by atoms with E-state index >= 15 is 0 Å². The number of nitrogens with zero attached hydrogens (tertiary/aromatic N) is 6. The molecule has 0 radical (unpaired) electrons. The third-order valence-electron chi connectivity index (χ3n) is 31.7. The highest BCUT2D eigenvalue weighted by Gasteiger charge is 2.66. The molecular weight excluding hydrogens is 2010 g/mol. The summed E-state index contributed by atoms with van der Waals surface area (Å²) in [5.41, 5.74) is 5.00. The van der Waals surface area contributed by atoms with Crippen LogP contribution in [0, 0.1) is 23.7 Å². The molecule has 3 saturated heterocycles. The number of alkyl halides is 3. The lowest BCUT2D eigenvalue weighted by Gasteiger charge is -2.31. The van der Waals surface area contributed by atoms with Gasteiger partial charge in [0, 0.05) is 95.5 Å². The van der Waals surface area contributed by atoms with Crippen molar-refractivity contribution in [2.75, 3.05) is 19.6 Å². The van der Waals surface area contributed by atoms with Crippen molar-refractivity contribution in [1.82, 2.24) is 75.5 Å². The van der Waals surface area contributed by atoms with Crippen molar-refractivity contribution >= 4 is 119 Å². The van der Waals surface area contributed by atoms with Gasteiger partial charge in [0.05, 0.1) is 41.8 Å². The number of unbranched alkanes of at least 4 members (excludes halogenated alkanes) is 1. The first-order valence-electron chi connectivity index (χ1n) is 52.9. The van der Waals surface area contributed by atoms with Gasteiger partial charge >= 0.3 is 24.5 Å². The number of nitrogens with one attached hydrogen (secondary N) is 9. The molecule has 15 atom stereocenters. The molecule has 39 nitrogen and oxygen atoms in total. The summed E-state index contributed by atoms with van der Waals surface area (Å²) < 4.78 is 141. The predicted molar refractivity (Wildman–Crippen MR) is 537 cm³/mol. The van der Waals surface area contributed by atoms with Crippen molar-refractivity contribution in [3.8, 4) is 0 Å². The molecule has 9 aliphatic heterocycles. The van der Waals surface area contributed by atoms with E-state index < -0.39 is 231 Å². The van der Waals surface area contributed by atoms with E-state index in [1.54, 1.807) is 23.6 Å². The predicted octanol–water partition coefficient (Wildman–Crippen LogP) is 8.11. The van der Waals surface area contributed by atoms with Crippen LogP contribution in [0.2, 0.25) is 0 Å². The topological polar surface area (TPSA) is 514 Å². The standard InChI is InChI=1S/C36H49N5O8S.C35H47N5O8S.C34H42F3N5O8S/c1-3-5-14-29-33(44)41-21-26(18-30(41)32(43)38-36(19-25(36)4-2)34(45)39-50(47,48)27-16-17-27)49-35(46)40-20-24-13-10-12-23(28(24)22-40)11-8-6-7-9-15-31(42)37-29;1-4-24-17-35(24,33(44)38-49(46,47)26-14-15-26)37-31(42)28-16-25-19-40(28)32(43)30(21(2)3)36-29(41)13-8-6-5-7-10-22-11-9-12-23-18-39(20-27(22)23)34(45)48-25;1-2-22-15-33(22,31(46)40-51(48,49)24-12-13-24)39-29(44)27-14-23-18-42(27)30(45)26(16-34(35,36)37)38-28(43)11-6-4-3-5-8-20-9-7-10-21-17-41(19-25(20)21)32(47)50-23/h4,10,12-13,25-27,29-30H,2-3,5-9,11,14-22H2,1H3,(H,37,42)(H,38,43)(H,39,45);4,9,11-12,21,24-26,28,30H,1,5-8,10,13-20H2,2-3H3,(H,36,41)(H,37,42)(H,38,44);2,7,9-10,22-24,26-27H,1,3-6,8,11-19H2,(H,38,43)(H,39,44)(H,40,46)/t25-,26-,29+,30+,36-;24-,25-,28+,30+,35-;22-,23-,26+,27+,33-/m111/s1. The molecule has 45 heteroatoms. The molecule has 9 heterocycles. The van der Waals surface area contributed by atoms with Crippen LogP contribution in [0.4, 0.5) is 27.6 Å². The number of sulfonamides is 3. The highest BCUT2D eigenvalue weighted by molar-refractivity contribution is 7.91. The Morgan fingerprint density at radius 2 is 0.713 bits per heavy atom. The zero-order chi connectivity index (χ0) is 107. The van der Waals surface area contributed by atoms with Gasteiger partial charge in [-0.3, -0.25) is 86.4 Å². The molecule has 6 aliphatic carbocycles. The highest BCUT2D eigenvalue weighted by atomic mass is 32.2. The summed E-state index contributed by atoms with van der Waals surface area (Å²) in [6.45, 7) is 18.3. The molecule has 9 N–H and O–H groups in total. The summed E-state index contributed by atoms with van der Waals surface area (Å²) in [7, 11) is -11.8. The zero-order valence-electron chi connectivity index (χ0n) is 85.0. The maximum atomic E-state index is 14.2. The Morgan fingerprint density at radius 3 is 1.01 bits per heavy atom. The van der Waals surface area contributed by atoms with Gasteiger partial charge in [0.25, 0.3) is 17.7 Å². The summed E-state index contributed by atoms with van der Waals surface area (Å²) in [5, 5.41) is 14.1. The summed E-state index contributed by atoms with van der Waals surface area (Å²) in [4.78, 5) is 212. The van der Waals surface area contributed by atoms with Gasteiger partial charge < -0.3 is 60.8 Å². The molecular formula is C105H138F3N15O24S3. The van der Waals surface area contributed by atoms with Crippen molar-refractivity contribution in [2.45, 2.75) is 371 Å². The Bertz CT molecular complexity index is 6160. The average Bonchev–Trinajstić information content (AvgIpc) is 1.58. The van der Waals surface area contributed by atoms with Crippen LogP contribution in [0.5, 0.6) is 0 Å². The molecule has 3 aromatic rings. The fourth-order valence-corrected chi connectivity index (χ4v) is 26.3. The van der Waals surface area contributed by atoms with E-state index in [2.05, 4.69) is 73.2 Å². The quantitative estimate of drug-likeness (QED) is 0.0319. The third-order valence-corrected chi connectivity index (χ3v) is 37.2. The lowest BCUT2D eigenvalue weighted by atomic mass is 9.98. The third kappa shape index (κ3) is 25.8. The first-order chi connectivity index (χ1) is 71.4. The van der Waals surface area contributed by atoms with Crippen LogP contribution in [0.15, 0.2) is 92.6 Å². The smallest absolute Gasteiger partial charge is 0.410 e. The Kier molecular flexibility index (Phi) is 33.8. The van der Waals surface area contributed by atoms with Crippen molar-refractivity contribution in [3.63, 3.8) is 0 Å². The minimum atomic E-state index is -4.87. The summed E-state index contributed by atoms with van der Waals surface area (Å²) in [6.07, 6.45) is 9.96. The first kappa shape index (κ1) is 111. The van der Waals surface area contributed by atoms with Crippen LogP contribution in [-0.2, 0) is 160 Å². The van der Waals surface area contributed by atoms with Gasteiger partial charge in [-0.05, 0) is 178 Å². The Hall–Kier alpha value is -12.0. The molecule has 6 saturated carbocycles. The van der Waals surface area contributed by atoms with E-state index in [1.807, 2.05) is 54.1 Å². The lowest BCUT2D eigenvalue weighted by Crippen LogP contribution is -2.59. The fraction of sp³-hybridized carbons (Fsp3) is 0.629. The molecule has 15 aliphatic rings. The van der Waals surface area contributed by atoms with Gasteiger partial charge in [-0.15, -0.1) is 19.7 Å². The summed E-state index contributed by atoms with van der Waals surface area (Å²) in [5.74, 6) is -10.4. The zero-order valence-corrected chi connectivity index (χ0v) is 87.5. The molecule has 15 amide bonds. The molecule has 9 fully saturated rings. The van der Waals surface area contributed by atoms with Gasteiger partial charge in [0.15, 0.2) is 0 Å². The van der Waals surface area contributed by atoms with Crippen LogP contribution < -0.4 is 46.1 Å². The Balaban J connectivity index is 0.000000160. The largest absolute Gasteiger partial charge is 0.444 e. The van der Waals surface area contributed by atoms with Gasteiger partial charge in [-0.1, -0.05) is 145 Å². The number of hydrogen-bond acceptors (Lipinski definition) is 24. The fourth-order valence-electron chi connectivity index (χ4n) is 22.2. The molecule has 0 unspecified atom stereocenters. The lowest BCUT2D eigenvalue weighted by molar-refractivity contribution is -0.157. The van der Waals surface area contributed by atoms with Crippen LogP contribution >= 0.6 is 0 Å². The van der Waals surface area contributed by atoms with Crippen LogP contribution in [0.25, 0.3) is 0 Å². The number of fused-ring (bicyclic) bond motifs is 9. The molecule has 18 rings (SSSR count). The van der Waals surface area contributed by atoms with Crippen molar-refractivity contribution in [1.29, 1.82) is 0 Å². The molecule has 3 aromatic carbocycles. The van der Waals surface area contributed by atoms with E-state index in [-0.39, 0.29) is 102 Å². The summed E-state index contributed by atoms with van der Waals surface area (Å²) >= 11 is 0. The highest BCUT2D eigenvalue weighted by Crippen LogP contribution is 2.50. The maximum absolute atomic E-state index is 14.2. The van der Waals surface area contributed by atoms with Crippen molar-refractivity contribution in [2.24, 2.45) is 23.7 Å². The number of hydrogen-bond donors (Lipinski definition) is 9. The summed E-state index contributed by atoms with van der Waals surface area (Å²) in [6, 6.07) is 10.3. The average molecular weight is 2150 g/mol. The number of amides is 15. The van der Waals surface area contributed by atoms with Crippen LogP contribution in [0.1, 0.15) is 270 Å². The maximum Gasteiger partial charge on any atom is 0.410 e.